The number of aryl methyl sites for hydroxylation is 2. The fourth-order valence-corrected chi connectivity index (χ4v) is 2.73. The van der Waals surface area contributed by atoms with Crippen LogP contribution in [0.2, 0.25) is 0 Å². The molecule has 0 aliphatic carbocycles. The van der Waals surface area contributed by atoms with Crippen LogP contribution < -0.4 is 16.0 Å². The number of methoxy groups -OCH3 is 1. The van der Waals surface area contributed by atoms with Gasteiger partial charge in [0.15, 0.2) is 0 Å². The molecule has 0 unspecified atom stereocenters. The van der Waals surface area contributed by atoms with E-state index < -0.39 is 0 Å². The lowest BCUT2D eigenvalue weighted by atomic mass is 10.1. The highest BCUT2D eigenvalue weighted by Gasteiger charge is 2.10. The Balaban J connectivity index is 2.00. The summed E-state index contributed by atoms with van der Waals surface area (Å²) in [5.41, 5.74) is 1.13. The van der Waals surface area contributed by atoms with Gasteiger partial charge in [0.2, 0.25) is 0 Å². The molecule has 0 bridgehead atoms. The molecule has 0 atom stereocenters. The lowest BCUT2D eigenvalue weighted by Gasteiger charge is -2.11. The molecule has 0 fully saturated rings. The molecule has 2 aromatic carbocycles. The van der Waals surface area contributed by atoms with Crippen molar-refractivity contribution in [2.24, 2.45) is 7.05 Å². The number of benzene rings is 2. The van der Waals surface area contributed by atoms with Crippen LogP contribution in [0.15, 0.2) is 58.1 Å². The molecule has 3 rings (SSSR count). The number of ether oxygens (including phenoxy) is 1. The largest absolute Gasteiger partial charge is 0.497 e. The number of hydrogen-bond acceptors (Lipinski definition) is 3. The van der Waals surface area contributed by atoms with Crippen molar-refractivity contribution in [1.29, 1.82) is 0 Å². The van der Waals surface area contributed by atoms with E-state index in [1.54, 1.807) is 32.4 Å². The Morgan fingerprint density at radius 3 is 2.61 bits per heavy atom. The smallest absolute Gasteiger partial charge is 0.331 e. The van der Waals surface area contributed by atoms with E-state index in [0.717, 1.165) is 11.3 Å². The third kappa shape index (κ3) is 2.77. The predicted octanol–water partition coefficient (Wildman–Crippen LogP) is 1.95. The van der Waals surface area contributed by atoms with E-state index in [1.165, 1.54) is 9.13 Å². The molecule has 23 heavy (non-hydrogen) atoms. The molecule has 0 saturated heterocycles. The number of fused-ring (bicyclic) bond motifs is 1. The first kappa shape index (κ1) is 15.1. The summed E-state index contributed by atoms with van der Waals surface area (Å²) in [6, 6.07) is 14.8. The van der Waals surface area contributed by atoms with Gasteiger partial charge in [-0.1, -0.05) is 24.3 Å². The molecule has 0 aliphatic rings. The summed E-state index contributed by atoms with van der Waals surface area (Å²) in [6.07, 6.45) is 0.588. The van der Waals surface area contributed by atoms with Crippen LogP contribution in [0.3, 0.4) is 0 Å². The third-order valence-corrected chi connectivity index (χ3v) is 4.02. The van der Waals surface area contributed by atoms with Crippen LogP contribution in [0, 0.1) is 0 Å². The standard InChI is InChI=1S/C18H18N2O3/c1-19-16-9-4-3-8-15(16)17(21)20(18(19)22)11-10-13-6-5-7-14(12-13)23-2/h3-9,12H,10-11H2,1-2H3. The maximum absolute atomic E-state index is 12.6. The Hall–Kier alpha value is -2.82. The molecule has 0 spiro atoms. The Kier molecular flexibility index (Phi) is 4.02. The first-order valence-electron chi connectivity index (χ1n) is 7.43. The van der Waals surface area contributed by atoms with E-state index in [0.29, 0.717) is 23.9 Å². The number of aromatic nitrogens is 2. The van der Waals surface area contributed by atoms with Crippen LogP contribution in [0.5, 0.6) is 5.75 Å². The van der Waals surface area contributed by atoms with Gasteiger partial charge in [0.05, 0.1) is 18.0 Å². The minimum absolute atomic E-state index is 0.244. The van der Waals surface area contributed by atoms with Gasteiger partial charge in [-0.25, -0.2) is 4.79 Å². The van der Waals surface area contributed by atoms with Crippen LogP contribution in [0.1, 0.15) is 5.56 Å². The van der Waals surface area contributed by atoms with E-state index in [2.05, 4.69) is 0 Å². The normalized spacial score (nSPS) is 10.9. The Labute approximate surface area is 133 Å². The van der Waals surface area contributed by atoms with Crippen molar-refractivity contribution in [2.75, 3.05) is 7.11 Å². The van der Waals surface area contributed by atoms with E-state index in [4.69, 9.17) is 4.74 Å². The van der Waals surface area contributed by atoms with Gasteiger partial charge in [0.25, 0.3) is 5.56 Å². The summed E-state index contributed by atoms with van der Waals surface area (Å²) >= 11 is 0. The van der Waals surface area contributed by atoms with Gasteiger partial charge >= 0.3 is 5.69 Å². The first-order chi connectivity index (χ1) is 11.1. The highest BCUT2D eigenvalue weighted by atomic mass is 16.5. The SMILES string of the molecule is COc1cccc(CCn2c(=O)c3ccccc3n(C)c2=O)c1. The van der Waals surface area contributed by atoms with Crippen LogP contribution in [0.25, 0.3) is 10.9 Å². The Bertz CT molecular complexity index is 970. The van der Waals surface area contributed by atoms with E-state index in [9.17, 15) is 9.59 Å². The molecule has 0 saturated carbocycles. The predicted molar refractivity (Wildman–Crippen MR) is 90.1 cm³/mol. The molecule has 3 aromatic rings. The summed E-state index contributed by atoms with van der Waals surface area (Å²) in [5, 5.41) is 0.556. The maximum atomic E-state index is 12.6. The second-order valence-electron chi connectivity index (χ2n) is 5.42. The van der Waals surface area contributed by atoms with Crippen molar-refractivity contribution in [2.45, 2.75) is 13.0 Å². The summed E-state index contributed by atoms with van der Waals surface area (Å²) in [6.45, 7) is 0.337. The summed E-state index contributed by atoms with van der Waals surface area (Å²) in [7, 11) is 3.30. The third-order valence-electron chi connectivity index (χ3n) is 4.02. The molecule has 1 aromatic heterocycles. The minimum Gasteiger partial charge on any atom is -0.497 e. The number of nitrogens with zero attached hydrogens (tertiary/aromatic N) is 2. The zero-order valence-corrected chi connectivity index (χ0v) is 13.2. The molecule has 0 amide bonds. The first-order valence-corrected chi connectivity index (χ1v) is 7.43. The average molecular weight is 310 g/mol. The second-order valence-corrected chi connectivity index (χ2v) is 5.42. The highest BCUT2D eigenvalue weighted by molar-refractivity contribution is 5.77. The molecule has 0 N–H and O–H groups in total. The number of rotatable bonds is 4. The molecular formula is C18H18N2O3. The summed E-state index contributed by atoms with van der Waals surface area (Å²) in [4.78, 5) is 25.0. The lowest BCUT2D eigenvalue weighted by Crippen LogP contribution is -2.39. The monoisotopic (exact) mass is 310 g/mol. The van der Waals surface area contributed by atoms with Crippen LogP contribution in [0.4, 0.5) is 0 Å². The number of hydrogen-bond donors (Lipinski definition) is 0. The average Bonchev–Trinajstić information content (AvgIpc) is 2.60. The molecule has 5 nitrogen and oxygen atoms in total. The van der Waals surface area contributed by atoms with Crippen molar-refractivity contribution in [3.8, 4) is 5.75 Å². The molecule has 1 heterocycles. The van der Waals surface area contributed by atoms with Crippen molar-refractivity contribution >= 4 is 10.9 Å². The van der Waals surface area contributed by atoms with Gasteiger partial charge in [0.1, 0.15) is 5.75 Å². The van der Waals surface area contributed by atoms with Gasteiger partial charge < -0.3 is 4.74 Å². The van der Waals surface area contributed by atoms with Gasteiger partial charge in [-0.05, 0) is 36.2 Å². The highest BCUT2D eigenvalue weighted by Crippen LogP contribution is 2.13. The van der Waals surface area contributed by atoms with E-state index in [-0.39, 0.29) is 11.2 Å². The van der Waals surface area contributed by atoms with Crippen molar-refractivity contribution in [1.82, 2.24) is 9.13 Å². The zero-order chi connectivity index (χ0) is 16.4. The van der Waals surface area contributed by atoms with Gasteiger partial charge in [0, 0.05) is 13.6 Å². The number of para-hydroxylation sites is 1. The van der Waals surface area contributed by atoms with Crippen molar-refractivity contribution in [3.63, 3.8) is 0 Å². The molecule has 0 aliphatic heterocycles. The van der Waals surface area contributed by atoms with Gasteiger partial charge in [-0.2, -0.15) is 0 Å². The lowest BCUT2D eigenvalue weighted by molar-refractivity contribution is 0.414. The topological polar surface area (TPSA) is 53.2 Å². The van der Waals surface area contributed by atoms with E-state index in [1.807, 2.05) is 30.3 Å². The summed E-state index contributed by atoms with van der Waals surface area (Å²) in [5.74, 6) is 0.765. The van der Waals surface area contributed by atoms with Crippen LogP contribution >= 0.6 is 0 Å². The van der Waals surface area contributed by atoms with Gasteiger partial charge in [-0.15, -0.1) is 0 Å². The second kappa shape index (κ2) is 6.12. The van der Waals surface area contributed by atoms with Crippen molar-refractivity contribution in [3.05, 3.63) is 74.9 Å². The van der Waals surface area contributed by atoms with E-state index >= 15 is 0 Å². The zero-order valence-electron chi connectivity index (χ0n) is 13.2. The van der Waals surface area contributed by atoms with Crippen molar-refractivity contribution < 1.29 is 4.74 Å². The quantitative estimate of drug-likeness (QED) is 0.740. The molecular weight excluding hydrogens is 292 g/mol. The molecule has 0 radical (unpaired) electrons. The molecule has 118 valence electrons. The Morgan fingerprint density at radius 2 is 1.83 bits per heavy atom. The van der Waals surface area contributed by atoms with Gasteiger partial charge in [-0.3, -0.25) is 13.9 Å². The molecule has 5 heteroatoms. The Morgan fingerprint density at radius 1 is 1.04 bits per heavy atom. The van der Waals surface area contributed by atoms with Crippen LogP contribution in [-0.4, -0.2) is 16.2 Å². The van der Waals surface area contributed by atoms with Crippen LogP contribution in [-0.2, 0) is 20.0 Å². The summed E-state index contributed by atoms with van der Waals surface area (Å²) < 4.78 is 8.01. The minimum atomic E-state index is -0.295. The fraction of sp³-hybridized carbons (Fsp3) is 0.222. The fourth-order valence-electron chi connectivity index (χ4n) is 2.73. The maximum Gasteiger partial charge on any atom is 0.331 e.